The number of unbranched alkanes of at least 4 members (excludes halogenated alkanes) is 1. The molecule has 0 rings (SSSR count). The minimum atomic E-state index is -0.216. The molecule has 2 nitrogen and oxygen atoms in total. The van der Waals surface area contributed by atoms with Crippen molar-refractivity contribution in [2.75, 3.05) is 13.2 Å². The third kappa shape index (κ3) is 6.33. The second-order valence-electron chi connectivity index (χ2n) is 2.15. The molecule has 1 N–H and O–H groups in total. The lowest BCUT2D eigenvalue weighted by Crippen LogP contribution is -2.08. The molecule has 0 amide bonds. The molecule has 0 saturated carbocycles. The quantitative estimate of drug-likeness (QED) is 0.610. The van der Waals surface area contributed by atoms with Gasteiger partial charge in [0.25, 0.3) is 0 Å². The number of hydrogen-bond donors (Lipinski definition) is 1. The lowest BCUT2D eigenvalue weighted by atomic mass is 10.3. The summed E-state index contributed by atoms with van der Waals surface area (Å²) in [5, 5.41) is 8.36. The number of aliphatic hydroxyl groups is 1. The van der Waals surface area contributed by atoms with Crippen LogP contribution in [0.5, 0.6) is 0 Å². The van der Waals surface area contributed by atoms with E-state index in [-0.39, 0.29) is 12.2 Å². The number of aliphatic hydroxyl groups excluding tert-OH is 1. The largest absolute Gasteiger partial charge is 0.394 e. The average Bonchev–Trinajstić information content (AvgIpc) is 1.97. The van der Waals surface area contributed by atoms with E-state index in [2.05, 4.69) is 6.92 Å². The zero-order valence-corrected chi connectivity index (χ0v) is 7.10. The average molecular weight is 167 g/mol. The van der Waals surface area contributed by atoms with Gasteiger partial charge in [0.2, 0.25) is 0 Å². The Bertz CT molecular complexity index is 60.6. The minimum absolute atomic E-state index is 0.0509. The molecule has 0 aliphatic carbocycles. The van der Waals surface area contributed by atoms with E-state index in [4.69, 9.17) is 21.4 Å². The van der Waals surface area contributed by atoms with E-state index in [9.17, 15) is 0 Å². The van der Waals surface area contributed by atoms with E-state index in [1.165, 1.54) is 0 Å². The van der Waals surface area contributed by atoms with Crippen LogP contribution in [-0.2, 0) is 4.74 Å². The smallest absolute Gasteiger partial charge is 0.131 e. The summed E-state index contributed by atoms with van der Waals surface area (Å²) in [6, 6.07) is 0. The lowest BCUT2D eigenvalue weighted by molar-refractivity contribution is 0.0669. The van der Waals surface area contributed by atoms with Crippen LogP contribution in [0.1, 0.15) is 26.2 Å². The Balaban J connectivity index is 3.00. The Morgan fingerprint density at radius 2 is 2.30 bits per heavy atom. The third-order valence-electron chi connectivity index (χ3n) is 1.17. The fourth-order valence-corrected chi connectivity index (χ4v) is 0.872. The van der Waals surface area contributed by atoms with Crippen molar-refractivity contribution in [2.24, 2.45) is 0 Å². The first kappa shape index (κ1) is 10.2. The van der Waals surface area contributed by atoms with Crippen molar-refractivity contribution in [3.63, 3.8) is 0 Å². The molecule has 3 heteroatoms. The number of ether oxygens (including phenoxy) is 1. The molecule has 1 unspecified atom stereocenters. The highest BCUT2D eigenvalue weighted by Crippen LogP contribution is 2.07. The van der Waals surface area contributed by atoms with Crippen molar-refractivity contribution in [1.82, 2.24) is 0 Å². The van der Waals surface area contributed by atoms with Gasteiger partial charge in [-0.3, -0.25) is 0 Å². The summed E-state index contributed by atoms with van der Waals surface area (Å²) in [7, 11) is 0. The molecule has 0 aliphatic rings. The zero-order chi connectivity index (χ0) is 7.82. The maximum atomic E-state index is 8.36. The summed E-state index contributed by atoms with van der Waals surface area (Å²) >= 11 is 5.71. The summed E-state index contributed by atoms with van der Waals surface area (Å²) in [4.78, 5) is 0. The fourth-order valence-electron chi connectivity index (χ4n) is 0.629. The Labute approximate surface area is 67.1 Å². The molecule has 0 saturated heterocycles. The Morgan fingerprint density at radius 3 is 2.80 bits per heavy atom. The number of rotatable bonds is 6. The van der Waals surface area contributed by atoms with Crippen molar-refractivity contribution < 1.29 is 9.84 Å². The van der Waals surface area contributed by atoms with Crippen LogP contribution in [-0.4, -0.2) is 23.9 Å². The van der Waals surface area contributed by atoms with Crippen molar-refractivity contribution in [2.45, 2.75) is 31.7 Å². The van der Waals surface area contributed by atoms with Gasteiger partial charge in [-0.05, 0) is 12.8 Å². The molecular weight excluding hydrogens is 152 g/mol. The van der Waals surface area contributed by atoms with E-state index in [1.807, 2.05) is 0 Å². The predicted molar refractivity (Wildman–Crippen MR) is 42.2 cm³/mol. The molecule has 0 bridgehead atoms. The predicted octanol–water partition coefficient (Wildman–Crippen LogP) is 1.75. The van der Waals surface area contributed by atoms with Crippen molar-refractivity contribution in [1.29, 1.82) is 0 Å². The maximum absolute atomic E-state index is 8.36. The standard InChI is InChI=1S/C7H15ClO2/c1-2-3-4-7(8)10-6-5-9/h7,9H,2-6H2,1H3. The molecule has 0 spiro atoms. The highest BCUT2D eigenvalue weighted by atomic mass is 35.5. The van der Waals surface area contributed by atoms with E-state index in [0.717, 1.165) is 19.3 Å². The topological polar surface area (TPSA) is 29.5 Å². The Morgan fingerprint density at radius 1 is 1.60 bits per heavy atom. The molecule has 0 aromatic carbocycles. The molecule has 0 heterocycles. The number of halogens is 1. The van der Waals surface area contributed by atoms with Gasteiger partial charge in [0.1, 0.15) is 5.56 Å². The van der Waals surface area contributed by atoms with Gasteiger partial charge >= 0.3 is 0 Å². The van der Waals surface area contributed by atoms with E-state index >= 15 is 0 Å². The molecule has 10 heavy (non-hydrogen) atoms. The van der Waals surface area contributed by atoms with E-state index in [1.54, 1.807) is 0 Å². The summed E-state index contributed by atoms with van der Waals surface area (Å²) in [5.74, 6) is 0. The third-order valence-corrected chi connectivity index (χ3v) is 1.52. The lowest BCUT2D eigenvalue weighted by Gasteiger charge is -2.07. The maximum Gasteiger partial charge on any atom is 0.131 e. The molecule has 0 aliphatic heterocycles. The molecule has 0 aromatic rings. The van der Waals surface area contributed by atoms with Crippen molar-refractivity contribution >= 4 is 11.6 Å². The molecule has 0 aromatic heterocycles. The summed E-state index contributed by atoms with van der Waals surface area (Å²) in [5.41, 5.74) is -0.216. The summed E-state index contributed by atoms with van der Waals surface area (Å²) in [6.45, 7) is 2.50. The van der Waals surface area contributed by atoms with E-state index in [0.29, 0.717) is 6.61 Å². The highest BCUT2D eigenvalue weighted by molar-refractivity contribution is 6.19. The first-order valence-electron chi connectivity index (χ1n) is 3.67. The second kappa shape index (κ2) is 7.32. The van der Waals surface area contributed by atoms with Crippen molar-refractivity contribution in [3.8, 4) is 0 Å². The van der Waals surface area contributed by atoms with Gasteiger partial charge in [0.05, 0.1) is 13.2 Å². The monoisotopic (exact) mass is 166 g/mol. The van der Waals surface area contributed by atoms with Crippen LogP contribution >= 0.6 is 11.6 Å². The Hall–Kier alpha value is 0.210. The molecule has 0 fully saturated rings. The van der Waals surface area contributed by atoms with Gasteiger partial charge in [-0.25, -0.2) is 0 Å². The normalized spacial score (nSPS) is 13.5. The van der Waals surface area contributed by atoms with Crippen LogP contribution < -0.4 is 0 Å². The van der Waals surface area contributed by atoms with Gasteiger partial charge in [0, 0.05) is 0 Å². The van der Waals surface area contributed by atoms with Gasteiger partial charge in [-0.2, -0.15) is 0 Å². The summed E-state index contributed by atoms with van der Waals surface area (Å²) in [6.07, 6.45) is 3.09. The SMILES string of the molecule is CCCCC(Cl)OCCO. The van der Waals surface area contributed by atoms with Gasteiger partial charge in [-0.15, -0.1) is 0 Å². The molecule has 1 atom stereocenters. The van der Waals surface area contributed by atoms with Gasteiger partial charge in [-0.1, -0.05) is 24.9 Å². The van der Waals surface area contributed by atoms with Crippen LogP contribution in [0.25, 0.3) is 0 Å². The van der Waals surface area contributed by atoms with Crippen LogP contribution in [0.15, 0.2) is 0 Å². The highest BCUT2D eigenvalue weighted by Gasteiger charge is 2.01. The summed E-state index contributed by atoms with van der Waals surface area (Å²) < 4.78 is 5.01. The fraction of sp³-hybridized carbons (Fsp3) is 1.00. The van der Waals surface area contributed by atoms with Crippen LogP contribution in [0.2, 0.25) is 0 Å². The number of hydrogen-bond acceptors (Lipinski definition) is 2. The number of alkyl halides is 1. The zero-order valence-electron chi connectivity index (χ0n) is 6.35. The molecular formula is C7H15ClO2. The van der Waals surface area contributed by atoms with Crippen LogP contribution in [0, 0.1) is 0 Å². The van der Waals surface area contributed by atoms with Gasteiger partial charge < -0.3 is 9.84 Å². The van der Waals surface area contributed by atoms with Crippen molar-refractivity contribution in [3.05, 3.63) is 0 Å². The first-order valence-corrected chi connectivity index (χ1v) is 4.11. The Kier molecular flexibility index (Phi) is 7.47. The second-order valence-corrected chi connectivity index (χ2v) is 2.63. The van der Waals surface area contributed by atoms with Gasteiger partial charge in [0.15, 0.2) is 0 Å². The minimum Gasteiger partial charge on any atom is -0.394 e. The first-order chi connectivity index (χ1) is 4.81. The van der Waals surface area contributed by atoms with E-state index < -0.39 is 0 Å². The molecule has 0 radical (unpaired) electrons. The van der Waals surface area contributed by atoms with Crippen LogP contribution in [0.3, 0.4) is 0 Å². The molecule has 62 valence electrons. The van der Waals surface area contributed by atoms with Crippen LogP contribution in [0.4, 0.5) is 0 Å².